The van der Waals surface area contributed by atoms with Crippen molar-refractivity contribution in [3.8, 4) is 5.75 Å². The quantitative estimate of drug-likeness (QED) is 0.492. The Morgan fingerprint density at radius 1 is 0.970 bits per heavy atom. The standard InChI is InChI=1S/C23H22F2N2O5S/c1-16(28)26-19-6-10-22(11-7-19)32-15-21(29)14-27(20-8-2-17(24)3-9-20)33(30,31)23-12-4-18(25)5-13-23/h2-13,21,29H,14-15H2,1H3,(H,26,28). The molecule has 1 unspecified atom stereocenters. The highest BCUT2D eigenvalue weighted by Gasteiger charge is 2.27. The molecule has 0 aliphatic rings. The van der Waals surface area contributed by atoms with E-state index in [9.17, 15) is 27.1 Å². The molecule has 1 amide bonds. The molecule has 0 fully saturated rings. The second-order valence-corrected chi connectivity index (χ2v) is 9.00. The molecule has 3 rings (SSSR count). The van der Waals surface area contributed by atoms with E-state index >= 15 is 0 Å². The zero-order chi connectivity index (χ0) is 24.0. The van der Waals surface area contributed by atoms with Crippen molar-refractivity contribution in [1.29, 1.82) is 0 Å². The first kappa shape index (κ1) is 24.1. The Morgan fingerprint density at radius 3 is 2.06 bits per heavy atom. The molecule has 2 N–H and O–H groups in total. The van der Waals surface area contributed by atoms with Gasteiger partial charge < -0.3 is 15.2 Å². The number of aliphatic hydroxyl groups excluding tert-OH is 1. The van der Waals surface area contributed by atoms with Crippen LogP contribution in [0.3, 0.4) is 0 Å². The van der Waals surface area contributed by atoms with E-state index in [-0.39, 0.29) is 23.1 Å². The van der Waals surface area contributed by atoms with Gasteiger partial charge in [-0.15, -0.1) is 0 Å². The maximum atomic E-state index is 13.4. The maximum Gasteiger partial charge on any atom is 0.264 e. The predicted octanol–water partition coefficient (Wildman–Crippen LogP) is 3.56. The van der Waals surface area contributed by atoms with Gasteiger partial charge in [-0.2, -0.15) is 0 Å². The van der Waals surface area contributed by atoms with Gasteiger partial charge in [0.25, 0.3) is 10.0 Å². The number of benzene rings is 3. The third-order valence-corrected chi connectivity index (χ3v) is 6.32. The number of ether oxygens (including phenoxy) is 1. The number of aliphatic hydroxyl groups is 1. The van der Waals surface area contributed by atoms with Crippen LogP contribution in [-0.2, 0) is 14.8 Å². The monoisotopic (exact) mass is 476 g/mol. The van der Waals surface area contributed by atoms with Gasteiger partial charge in [0.05, 0.1) is 17.1 Å². The van der Waals surface area contributed by atoms with Crippen molar-refractivity contribution in [3.05, 3.63) is 84.4 Å². The van der Waals surface area contributed by atoms with Crippen molar-refractivity contribution in [3.63, 3.8) is 0 Å². The van der Waals surface area contributed by atoms with E-state index in [1.807, 2.05) is 0 Å². The van der Waals surface area contributed by atoms with E-state index in [4.69, 9.17) is 4.74 Å². The number of carbonyl (C=O) groups excluding carboxylic acids is 1. The minimum absolute atomic E-state index is 0.124. The number of nitrogens with zero attached hydrogens (tertiary/aromatic N) is 1. The lowest BCUT2D eigenvalue weighted by Crippen LogP contribution is -2.40. The van der Waals surface area contributed by atoms with Crippen LogP contribution in [0.5, 0.6) is 5.75 Å². The highest BCUT2D eigenvalue weighted by molar-refractivity contribution is 7.92. The summed E-state index contributed by atoms with van der Waals surface area (Å²) in [6.45, 7) is 0.749. The summed E-state index contributed by atoms with van der Waals surface area (Å²) in [4.78, 5) is 10.9. The van der Waals surface area contributed by atoms with Crippen LogP contribution in [-0.4, -0.2) is 38.7 Å². The molecular formula is C23H22F2N2O5S. The van der Waals surface area contributed by atoms with E-state index in [1.54, 1.807) is 24.3 Å². The average Bonchev–Trinajstić information content (AvgIpc) is 2.77. The lowest BCUT2D eigenvalue weighted by molar-refractivity contribution is -0.114. The summed E-state index contributed by atoms with van der Waals surface area (Å²) in [7, 11) is -4.19. The number of halogens is 2. The summed E-state index contributed by atoms with van der Waals surface area (Å²) in [5.41, 5.74) is 0.697. The second-order valence-electron chi connectivity index (χ2n) is 7.14. The molecule has 0 spiro atoms. The fourth-order valence-corrected chi connectivity index (χ4v) is 4.46. The van der Waals surface area contributed by atoms with Gasteiger partial charge in [0, 0.05) is 12.6 Å². The van der Waals surface area contributed by atoms with Crippen LogP contribution in [0.2, 0.25) is 0 Å². The Balaban J connectivity index is 1.76. The average molecular weight is 477 g/mol. The first-order chi connectivity index (χ1) is 15.6. The van der Waals surface area contributed by atoms with Crippen molar-refractivity contribution in [1.82, 2.24) is 0 Å². The van der Waals surface area contributed by atoms with Gasteiger partial charge in [0.2, 0.25) is 5.91 Å². The number of rotatable bonds is 9. The number of carbonyl (C=O) groups is 1. The summed E-state index contributed by atoms with van der Waals surface area (Å²) >= 11 is 0. The number of hydrogen-bond acceptors (Lipinski definition) is 5. The summed E-state index contributed by atoms with van der Waals surface area (Å²) in [5.74, 6) is -0.968. The molecule has 10 heteroatoms. The Bertz CT molecular complexity index is 1190. The summed E-state index contributed by atoms with van der Waals surface area (Å²) in [6, 6.07) is 15.4. The SMILES string of the molecule is CC(=O)Nc1ccc(OCC(O)CN(c2ccc(F)cc2)S(=O)(=O)c2ccc(F)cc2)cc1. The minimum Gasteiger partial charge on any atom is -0.491 e. The van der Waals surface area contributed by atoms with Gasteiger partial charge >= 0.3 is 0 Å². The second kappa shape index (κ2) is 10.4. The topological polar surface area (TPSA) is 95.9 Å². The third-order valence-electron chi connectivity index (χ3n) is 4.51. The molecule has 0 bridgehead atoms. The molecule has 0 heterocycles. The van der Waals surface area contributed by atoms with Gasteiger partial charge in [0.15, 0.2) is 0 Å². The smallest absolute Gasteiger partial charge is 0.264 e. The van der Waals surface area contributed by atoms with Crippen molar-refractivity contribution in [2.75, 3.05) is 22.8 Å². The first-order valence-corrected chi connectivity index (χ1v) is 11.3. The zero-order valence-corrected chi connectivity index (χ0v) is 18.4. The highest BCUT2D eigenvalue weighted by Crippen LogP contribution is 2.25. The lowest BCUT2D eigenvalue weighted by atomic mass is 10.3. The van der Waals surface area contributed by atoms with Crippen LogP contribution in [0.1, 0.15) is 6.92 Å². The van der Waals surface area contributed by atoms with E-state index in [2.05, 4.69) is 5.32 Å². The van der Waals surface area contributed by atoms with Crippen molar-refractivity contribution >= 4 is 27.3 Å². The largest absolute Gasteiger partial charge is 0.491 e. The predicted molar refractivity (Wildman–Crippen MR) is 120 cm³/mol. The highest BCUT2D eigenvalue weighted by atomic mass is 32.2. The van der Waals surface area contributed by atoms with E-state index in [1.165, 1.54) is 19.1 Å². The zero-order valence-electron chi connectivity index (χ0n) is 17.6. The van der Waals surface area contributed by atoms with Crippen LogP contribution < -0.4 is 14.4 Å². The van der Waals surface area contributed by atoms with Crippen molar-refractivity contribution in [2.24, 2.45) is 0 Å². The molecular weight excluding hydrogens is 454 g/mol. The molecule has 33 heavy (non-hydrogen) atoms. The van der Waals surface area contributed by atoms with Crippen molar-refractivity contribution < 1.29 is 31.8 Å². The fourth-order valence-electron chi connectivity index (χ4n) is 2.96. The number of hydrogen-bond donors (Lipinski definition) is 2. The lowest BCUT2D eigenvalue weighted by Gasteiger charge is -2.27. The Kier molecular flexibility index (Phi) is 7.62. The Labute approximate surface area is 190 Å². The third kappa shape index (κ3) is 6.50. The number of anilines is 2. The molecule has 1 atom stereocenters. The normalized spacial score (nSPS) is 12.1. The van der Waals surface area contributed by atoms with Gasteiger partial charge in [-0.05, 0) is 72.8 Å². The van der Waals surface area contributed by atoms with E-state index < -0.39 is 34.3 Å². The molecule has 0 aliphatic carbocycles. The fraction of sp³-hybridized carbons (Fsp3) is 0.174. The van der Waals surface area contributed by atoms with Gasteiger partial charge in [-0.3, -0.25) is 9.10 Å². The number of sulfonamides is 1. The molecule has 3 aromatic carbocycles. The van der Waals surface area contributed by atoms with Crippen LogP contribution in [0.4, 0.5) is 20.2 Å². The van der Waals surface area contributed by atoms with Crippen LogP contribution in [0, 0.1) is 11.6 Å². The van der Waals surface area contributed by atoms with Crippen LogP contribution >= 0.6 is 0 Å². The molecule has 174 valence electrons. The summed E-state index contributed by atoms with van der Waals surface area (Å²) in [6.07, 6.45) is -1.25. The molecule has 0 aliphatic heterocycles. The Morgan fingerprint density at radius 2 is 1.52 bits per heavy atom. The molecule has 0 radical (unpaired) electrons. The molecule has 7 nitrogen and oxygen atoms in total. The van der Waals surface area contributed by atoms with Crippen LogP contribution in [0.25, 0.3) is 0 Å². The number of amides is 1. The molecule has 3 aromatic rings. The summed E-state index contributed by atoms with van der Waals surface area (Å²) < 4.78 is 59.5. The minimum atomic E-state index is -4.19. The van der Waals surface area contributed by atoms with Gasteiger partial charge in [-0.1, -0.05) is 0 Å². The number of nitrogens with one attached hydrogen (secondary N) is 1. The molecule has 0 saturated heterocycles. The first-order valence-electron chi connectivity index (χ1n) is 9.87. The van der Waals surface area contributed by atoms with Crippen molar-refractivity contribution in [2.45, 2.75) is 17.9 Å². The van der Waals surface area contributed by atoms with E-state index in [0.29, 0.717) is 11.4 Å². The Hall–Kier alpha value is -3.50. The molecule has 0 saturated carbocycles. The van der Waals surface area contributed by atoms with Crippen LogP contribution in [0.15, 0.2) is 77.7 Å². The molecule has 0 aromatic heterocycles. The van der Waals surface area contributed by atoms with Gasteiger partial charge in [0.1, 0.15) is 30.1 Å². The maximum absolute atomic E-state index is 13.4. The van der Waals surface area contributed by atoms with E-state index in [0.717, 1.165) is 40.7 Å². The van der Waals surface area contributed by atoms with Gasteiger partial charge in [-0.25, -0.2) is 17.2 Å². The summed E-state index contributed by atoms with van der Waals surface area (Å²) in [5, 5.41) is 13.1.